The van der Waals surface area contributed by atoms with Gasteiger partial charge < -0.3 is 5.32 Å². The van der Waals surface area contributed by atoms with Crippen LogP contribution in [-0.4, -0.2) is 19.0 Å². The Morgan fingerprint density at radius 3 is 2.25 bits per heavy atom. The van der Waals surface area contributed by atoms with Crippen molar-refractivity contribution in [2.45, 2.75) is 91.7 Å². The number of hydrogen-bond acceptors (Lipinski definition) is 2. The molecule has 28 heavy (non-hydrogen) atoms. The first-order chi connectivity index (χ1) is 13.7. The Bertz CT molecular complexity index is 611. The van der Waals surface area contributed by atoms with Crippen molar-refractivity contribution in [3.8, 4) is 0 Å². The summed E-state index contributed by atoms with van der Waals surface area (Å²) in [5.74, 6) is 0.622. The van der Waals surface area contributed by atoms with Gasteiger partial charge in [0, 0.05) is 17.9 Å². The molecule has 154 valence electrons. The maximum Gasteiger partial charge on any atom is 0.197 e. The number of allylic oxidation sites excluding steroid dienone is 1. The lowest BCUT2D eigenvalue weighted by Gasteiger charge is -2.27. The van der Waals surface area contributed by atoms with Crippen LogP contribution in [0.2, 0.25) is 12.6 Å². The molecule has 1 aromatic carbocycles. The van der Waals surface area contributed by atoms with Crippen molar-refractivity contribution in [1.29, 1.82) is 0 Å². The molecule has 1 N–H and O–H groups in total. The molecule has 0 spiro atoms. The van der Waals surface area contributed by atoms with Crippen LogP contribution in [0.5, 0.6) is 0 Å². The Morgan fingerprint density at radius 1 is 1.00 bits per heavy atom. The third-order valence-electron chi connectivity index (χ3n) is 5.68. The quantitative estimate of drug-likeness (QED) is 0.392. The van der Waals surface area contributed by atoms with E-state index in [-0.39, 0.29) is 0 Å². The van der Waals surface area contributed by atoms with E-state index in [4.69, 9.17) is 4.99 Å². The molecule has 1 aliphatic carbocycles. The van der Waals surface area contributed by atoms with Crippen LogP contribution in [0.3, 0.4) is 0 Å². The van der Waals surface area contributed by atoms with Gasteiger partial charge in [-0.3, -0.25) is 4.99 Å². The molecule has 0 aromatic heterocycles. The zero-order valence-corrected chi connectivity index (χ0v) is 18.8. The molecule has 3 heteroatoms. The molecule has 1 saturated carbocycles. The number of para-hydroxylation sites is 1. The second-order valence-electron chi connectivity index (χ2n) is 8.75. The molecule has 0 aliphatic heterocycles. The normalized spacial score (nSPS) is 17.8. The Balaban J connectivity index is 2.42. The lowest BCUT2D eigenvalue weighted by molar-refractivity contribution is 0.656. The fraction of sp³-hybridized carbons (Fsp3) is 0.640. The first-order valence-electron chi connectivity index (χ1n) is 11.7. The fourth-order valence-electron chi connectivity index (χ4n) is 4.08. The fourth-order valence-corrected chi connectivity index (χ4v) is 4.08. The van der Waals surface area contributed by atoms with Gasteiger partial charge in [0.05, 0.1) is 0 Å². The highest BCUT2D eigenvalue weighted by Crippen LogP contribution is 2.30. The molecule has 0 radical (unpaired) electrons. The van der Waals surface area contributed by atoms with Crippen LogP contribution in [-0.2, 0) is 0 Å². The second-order valence-corrected chi connectivity index (χ2v) is 8.75. The average Bonchev–Trinajstić information content (AvgIpc) is 2.72. The summed E-state index contributed by atoms with van der Waals surface area (Å²) in [6.45, 7) is 10.7. The predicted molar refractivity (Wildman–Crippen MR) is 128 cm³/mol. The van der Waals surface area contributed by atoms with Crippen LogP contribution >= 0.6 is 0 Å². The van der Waals surface area contributed by atoms with E-state index >= 15 is 0 Å². The minimum absolute atomic E-state index is 0.622. The highest BCUT2D eigenvalue weighted by Gasteiger charge is 2.26. The molecular weight excluding hydrogens is 339 g/mol. The van der Waals surface area contributed by atoms with E-state index in [0.717, 1.165) is 13.0 Å². The Labute approximate surface area is 174 Å². The molecule has 0 saturated heterocycles. The van der Waals surface area contributed by atoms with Crippen LogP contribution in [0.1, 0.15) is 79.1 Å². The van der Waals surface area contributed by atoms with Gasteiger partial charge in [-0.15, -0.1) is 0 Å². The van der Waals surface area contributed by atoms with Gasteiger partial charge >= 0.3 is 0 Å². The molecule has 0 amide bonds. The smallest absolute Gasteiger partial charge is 0.197 e. The number of anilines is 1. The summed E-state index contributed by atoms with van der Waals surface area (Å²) in [5, 5.41) is 3.88. The summed E-state index contributed by atoms with van der Waals surface area (Å²) in [4.78, 5) is 5.09. The summed E-state index contributed by atoms with van der Waals surface area (Å²) in [5.41, 5.74) is 5.62. The molecule has 1 fully saturated rings. The standard InChI is InChI=1S/C25H41BN2/c1-5-7-18-26(19-8-6-2)25(28-22-14-10-9-11-15-22)23-16-12-13-17-24(23)27-20-21(3)4/h9-11,14-15,21,28H,5-8,12-13,16-20H2,1-4H3/b25-23+,27-24?. The average molecular weight is 380 g/mol. The molecule has 2 nitrogen and oxygen atoms in total. The van der Waals surface area contributed by atoms with Crippen molar-refractivity contribution >= 4 is 18.1 Å². The van der Waals surface area contributed by atoms with Gasteiger partial charge in [-0.1, -0.05) is 84.2 Å². The topological polar surface area (TPSA) is 24.4 Å². The second kappa shape index (κ2) is 12.9. The molecule has 0 atom stereocenters. The van der Waals surface area contributed by atoms with E-state index in [1.54, 1.807) is 0 Å². The van der Waals surface area contributed by atoms with Crippen molar-refractivity contribution in [3.05, 3.63) is 41.5 Å². The van der Waals surface area contributed by atoms with E-state index in [0.29, 0.717) is 12.6 Å². The third-order valence-corrected chi connectivity index (χ3v) is 5.68. The van der Waals surface area contributed by atoms with Gasteiger partial charge in [0.25, 0.3) is 0 Å². The summed E-state index contributed by atoms with van der Waals surface area (Å²) < 4.78 is 0. The SMILES string of the molecule is CCCCB(CCCC)/C(Nc1ccccc1)=C1/CCCCC1=NCC(C)C. The number of benzene rings is 1. The van der Waals surface area contributed by atoms with Crippen LogP contribution in [0, 0.1) is 5.92 Å². The highest BCUT2D eigenvalue weighted by molar-refractivity contribution is 6.68. The number of rotatable bonds is 11. The molecule has 2 rings (SSSR count). The van der Waals surface area contributed by atoms with Gasteiger partial charge in [-0.25, -0.2) is 0 Å². The summed E-state index contributed by atoms with van der Waals surface area (Å²) >= 11 is 0. The summed E-state index contributed by atoms with van der Waals surface area (Å²) in [6.07, 6.45) is 12.6. The number of nitrogens with zero attached hydrogens (tertiary/aromatic N) is 1. The van der Waals surface area contributed by atoms with E-state index in [9.17, 15) is 0 Å². The maximum atomic E-state index is 5.09. The van der Waals surface area contributed by atoms with Crippen LogP contribution in [0.4, 0.5) is 5.69 Å². The maximum absolute atomic E-state index is 5.09. The largest absolute Gasteiger partial charge is 0.367 e. The van der Waals surface area contributed by atoms with Crippen molar-refractivity contribution in [3.63, 3.8) is 0 Å². The van der Waals surface area contributed by atoms with Crippen molar-refractivity contribution in [1.82, 2.24) is 0 Å². The van der Waals surface area contributed by atoms with Gasteiger partial charge in [0.15, 0.2) is 6.71 Å². The molecule has 1 aromatic rings. The van der Waals surface area contributed by atoms with E-state index in [1.165, 1.54) is 80.2 Å². The number of aliphatic imine (C=N–C) groups is 1. The Morgan fingerprint density at radius 2 is 1.64 bits per heavy atom. The minimum atomic E-state index is 0.622. The van der Waals surface area contributed by atoms with Crippen molar-refractivity contribution in [2.75, 3.05) is 11.9 Å². The lowest BCUT2D eigenvalue weighted by Crippen LogP contribution is -2.28. The summed E-state index contributed by atoms with van der Waals surface area (Å²) in [6, 6.07) is 10.8. The van der Waals surface area contributed by atoms with Gasteiger partial charge in [-0.05, 0) is 54.9 Å². The first kappa shape index (κ1) is 22.8. The molecule has 0 unspecified atom stereocenters. The monoisotopic (exact) mass is 380 g/mol. The molecule has 1 aliphatic rings. The van der Waals surface area contributed by atoms with Gasteiger partial charge in [0.2, 0.25) is 0 Å². The Hall–Kier alpha value is -1.51. The van der Waals surface area contributed by atoms with E-state index < -0.39 is 0 Å². The van der Waals surface area contributed by atoms with Crippen molar-refractivity contribution < 1.29 is 0 Å². The van der Waals surface area contributed by atoms with E-state index in [1.807, 2.05) is 0 Å². The van der Waals surface area contributed by atoms with Gasteiger partial charge in [-0.2, -0.15) is 0 Å². The number of nitrogens with one attached hydrogen (secondary N) is 1. The highest BCUT2D eigenvalue weighted by atomic mass is 14.9. The van der Waals surface area contributed by atoms with Crippen molar-refractivity contribution in [2.24, 2.45) is 10.9 Å². The minimum Gasteiger partial charge on any atom is -0.367 e. The zero-order valence-electron chi connectivity index (χ0n) is 18.8. The Kier molecular flexibility index (Phi) is 10.5. The third kappa shape index (κ3) is 7.49. The first-order valence-corrected chi connectivity index (χ1v) is 11.7. The number of hydrogen-bond donors (Lipinski definition) is 1. The number of unbranched alkanes of at least 4 members (excludes halogenated alkanes) is 2. The van der Waals surface area contributed by atoms with Gasteiger partial charge in [0.1, 0.15) is 0 Å². The molecule has 0 bridgehead atoms. The predicted octanol–water partition coefficient (Wildman–Crippen LogP) is 7.66. The van der Waals surface area contributed by atoms with Crippen LogP contribution in [0.15, 0.2) is 46.5 Å². The van der Waals surface area contributed by atoms with Crippen LogP contribution in [0.25, 0.3) is 0 Å². The molecule has 0 heterocycles. The molecular formula is C25H41BN2. The van der Waals surface area contributed by atoms with Crippen LogP contribution < -0.4 is 5.32 Å². The summed E-state index contributed by atoms with van der Waals surface area (Å²) in [7, 11) is 0. The lowest BCUT2D eigenvalue weighted by atomic mass is 9.40. The van der Waals surface area contributed by atoms with E-state index in [2.05, 4.69) is 63.3 Å². The zero-order chi connectivity index (χ0) is 20.2.